The molecule has 1 saturated heterocycles. The minimum absolute atomic E-state index is 0.204. The van der Waals surface area contributed by atoms with Gasteiger partial charge >= 0.3 is 5.97 Å². The van der Waals surface area contributed by atoms with Gasteiger partial charge in [0, 0.05) is 12.1 Å². The molecular formula is C19H24N2O5. The number of esters is 1. The predicted molar refractivity (Wildman–Crippen MR) is 92.8 cm³/mol. The van der Waals surface area contributed by atoms with Gasteiger partial charge in [-0.2, -0.15) is 0 Å². The van der Waals surface area contributed by atoms with E-state index >= 15 is 0 Å². The van der Waals surface area contributed by atoms with Gasteiger partial charge in [-0.15, -0.1) is 0 Å². The highest BCUT2D eigenvalue weighted by atomic mass is 16.5. The Bertz CT molecular complexity index is 786. The number of likely N-dealkylation sites (tertiary alicyclic amines) is 1. The van der Waals surface area contributed by atoms with E-state index in [4.69, 9.17) is 4.74 Å². The lowest BCUT2D eigenvalue weighted by atomic mass is 9.73. The molecule has 2 aliphatic rings. The predicted octanol–water partition coefficient (Wildman–Crippen LogP) is 2.31. The Morgan fingerprint density at radius 2 is 1.81 bits per heavy atom. The molecule has 0 atom stereocenters. The number of methoxy groups -OCH3 is 1. The van der Waals surface area contributed by atoms with Crippen LogP contribution in [0.15, 0.2) is 0 Å². The molecule has 7 heteroatoms. The zero-order chi connectivity index (χ0) is 19.1. The molecule has 0 radical (unpaired) electrons. The summed E-state index contributed by atoms with van der Waals surface area (Å²) in [4.78, 5) is 53.8. The van der Waals surface area contributed by atoms with Crippen LogP contribution in [0.2, 0.25) is 0 Å². The number of carbonyl (C=O) groups is 4. The molecule has 26 heavy (non-hydrogen) atoms. The average Bonchev–Trinajstić information content (AvgIpc) is 3.03. The SMILES string of the molecule is COC(=O)c1c(C)[nH]c(C(=O)CN2C(=O)CC3(CCCCC3)C2=O)c1C. The lowest BCUT2D eigenvalue weighted by Crippen LogP contribution is -2.39. The van der Waals surface area contributed by atoms with E-state index in [0.717, 1.165) is 37.0 Å². The molecule has 3 rings (SSSR count). The van der Waals surface area contributed by atoms with Gasteiger partial charge in [0.1, 0.15) is 0 Å². The Hall–Kier alpha value is -2.44. The van der Waals surface area contributed by atoms with Crippen LogP contribution in [-0.4, -0.2) is 47.1 Å². The fraction of sp³-hybridized carbons (Fsp3) is 0.579. The summed E-state index contributed by atoms with van der Waals surface area (Å²) < 4.78 is 4.74. The minimum Gasteiger partial charge on any atom is -0.465 e. The molecule has 2 amide bonds. The zero-order valence-electron chi connectivity index (χ0n) is 15.4. The van der Waals surface area contributed by atoms with E-state index in [-0.39, 0.29) is 36.3 Å². The highest BCUT2D eigenvalue weighted by Crippen LogP contribution is 2.45. The van der Waals surface area contributed by atoms with Crippen LogP contribution >= 0.6 is 0 Å². The van der Waals surface area contributed by atoms with Crippen LogP contribution in [0.3, 0.4) is 0 Å². The Morgan fingerprint density at radius 1 is 1.15 bits per heavy atom. The second-order valence-corrected chi connectivity index (χ2v) is 7.34. The normalized spacial score (nSPS) is 19.3. The summed E-state index contributed by atoms with van der Waals surface area (Å²) in [6.45, 7) is 3.04. The molecule has 0 aromatic carbocycles. The standard InChI is InChI=1S/C19H24N2O5/c1-11-15(17(24)26-3)12(2)20-16(11)13(22)10-21-14(23)9-19(18(21)25)7-5-4-6-8-19/h20H,4-10H2,1-3H3. The van der Waals surface area contributed by atoms with Crippen molar-refractivity contribution in [2.45, 2.75) is 52.4 Å². The van der Waals surface area contributed by atoms with Crippen molar-refractivity contribution < 1.29 is 23.9 Å². The van der Waals surface area contributed by atoms with Crippen LogP contribution in [-0.2, 0) is 14.3 Å². The second-order valence-electron chi connectivity index (χ2n) is 7.34. The van der Waals surface area contributed by atoms with Gasteiger partial charge < -0.3 is 9.72 Å². The third-order valence-corrected chi connectivity index (χ3v) is 5.71. The van der Waals surface area contributed by atoms with E-state index in [1.807, 2.05) is 0 Å². The number of nitrogens with one attached hydrogen (secondary N) is 1. The molecule has 0 bridgehead atoms. The monoisotopic (exact) mass is 360 g/mol. The van der Waals surface area contributed by atoms with Crippen LogP contribution in [0, 0.1) is 19.3 Å². The van der Waals surface area contributed by atoms with Crippen LogP contribution in [0.4, 0.5) is 0 Å². The first kappa shape index (κ1) is 18.4. The van der Waals surface area contributed by atoms with Gasteiger partial charge in [-0.3, -0.25) is 19.3 Å². The van der Waals surface area contributed by atoms with E-state index in [1.165, 1.54) is 7.11 Å². The molecule has 2 fully saturated rings. The number of ketones is 1. The zero-order valence-corrected chi connectivity index (χ0v) is 15.4. The number of carbonyl (C=O) groups excluding carboxylic acids is 4. The number of ether oxygens (including phenoxy) is 1. The molecule has 1 aromatic heterocycles. The Balaban J connectivity index is 1.81. The van der Waals surface area contributed by atoms with Crippen LogP contribution in [0.5, 0.6) is 0 Å². The van der Waals surface area contributed by atoms with Crippen molar-refractivity contribution in [3.63, 3.8) is 0 Å². The van der Waals surface area contributed by atoms with Gasteiger partial charge in [0.05, 0.1) is 30.3 Å². The summed E-state index contributed by atoms with van der Waals surface area (Å²) in [5.74, 6) is -1.40. The molecule has 2 heterocycles. The summed E-state index contributed by atoms with van der Waals surface area (Å²) in [5, 5.41) is 0. The summed E-state index contributed by atoms with van der Waals surface area (Å²) >= 11 is 0. The topological polar surface area (TPSA) is 96.5 Å². The van der Waals surface area contributed by atoms with Crippen molar-refractivity contribution in [1.29, 1.82) is 0 Å². The van der Waals surface area contributed by atoms with Gasteiger partial charge in [0.25, 0.3) is 0 Å². The Morgan fingerprint density at radius 3 is 2.42 bits per heavy atom. The van der Waals surface area contributed by atoms with Crippen molar-refractivity contribution in [1.82, 2.24) is 9.88 Å². The van der Waals surface area contributed by atoms with Crippen molar-refractivity contribution >= 4 is 23.6 Å². The number of Topliss-reactive ketones (excluding diaryl/α,β-unsaturated/α-hetero) is 1. The first-order valence-corrected chi connectivity index (χ1v) is 8.96. The number of rotatable bonds is 4. The molecule has 1 aliphatic heterocycles. The fourth-order valence-electron chi connectivity index (χ4n) is 4.30. The number of aromatic nitrogens is 1. The number of nitrogens with zero attached hydrogens (tertiary/aromatic N) is 1. The Kier molecular flexibility index (Phi) is 4.73. The van der Waals surface area contributed by atoms with E-state index in [0.29, 0.717) is 16.8 Å². The van der Waals surface area contributed by atoms with Gasteiger partial charge in [-0.25, -0.2) is 4.79 Å². The molecule has 1 N–H and O–H groups in total. The van der Waals surface area contributed by atoms with E-state index in [1.54, 1.807) is 13.8 Å². The molecule has 0 unspecified atom stereocenters. The van der Waals surface area contributed by atoms with Crippen LogP contribution in [0.1, 0.15) is 70.6 Å². The summed E-state index contributed by atoms with van der Waals surface area (Å²) in [7, 11) is 1.28. The van der Waals surface area contributed by atoms with Crippen molar-refractivity contribution in [2.75, 3.05) is 13.7 Å². The highest BCUT2D eigenvalue weighted by Gasteiger charge is 2.51. The first-order chi connectivity index (χ1) is 12.3. The first-order valence-electron chi connectivity index (χ1n) is 8.96. The maximum absolute atomic E-state index is 12.8. The number of amides is 2. The smallest absolute Gasteiger partial charge is 0.339 e. The third-order valence-electron chi connectivity index (χ3n) is 5.71. The number of hydrogen-bond donors (Lipinski definition) is 1. The van der Waals surface area contributed by atoms with Crippen LogP contribution < -0.4 is 0 Å². The quantitative estimate of drug-likeness (QED) is 0.505. The number of imide groups is 1. The summed E-state index contributed by atoms with van der Waals surface area (Å²) in [6, 6.07) is 0. The fourth-order valence-corrected chi connectivity index (χ4v) is 4.30. The maximum Gasteiger partial charge on any atom is 0.339 e. The van der Waals surface area contributed by atoms with Gasteiger partial charge in [0.15, 0.2) is 5.78 Å². The average molecular weight is 360 g/mol. The number of aromatic amines is 1. The lowest BCUT2D eigenvalue weighted by Gasteiger charge is -2.30. The molecule has 1 aliphatic carbocycles. The van der Waals surface area contributed by atoms with E-state index in [9.17, 15) is 19.2 Å². The largest absolute Gasteiger partial charge is 0.465 e. The van der Waals surface area contributed by atoms with Gasteiger partial charge in [0.2, 0.25) is 11.8 Å². The van der Waals surface area contributed by atoms with Gasteiger partial charge in [-0.05, 0) is 32.3 Å². The Labute approximate surface area is 152 Å². The summed E-state index contributed by atoms with van der Waals surface area (Å²) in [6.07, 6.45) is 4.61. The van der Waals surface area contributed by atoms with Crippen molar-refractivity contribution in [3.8, 4) is 0 Å². The van der Waals surface area contributed by atoms with Crippen LogP contribution in [0.25, 0.3) is 0 Å². The second kappa shape index (κ2) is 6.70. The molecule has 1 aromatic rings. The van der Waals surface area contributed by atoms with Crippen molar-refractivity contribution in [2.24, 2.45) is 5.41 Å². The lowest BCUT2D eigenvalue weighted by molar-refractivity contribution is -0.141. The van der Waals surface area contributed by atoms with Gasteiger partial charge in [-0.1, -0.05) is 19.3 Å². The molecule has 7 nitrogen and oxygen atoms in total. The summed E-state index contributed by atoms with van der Waals surface area (Å²) in [5.41, 5.74) is 0.964. The van der Waals surface area contributed by atoms with Crippen molar-refractivity contribution in [3.05, 3.63) is 22.5 Å². The highest BCUT2D eigenvalue weighted by molar-refractivity contribution is 6.11. The molecule has 1 spiro atoms. The maximum atomic E-state index is 12.8. The van der Waals surface area contributed by atoms with E-state index in [2.05, 4.69) is 4.98 Å². The molecule has 1 saturated carbocycles. The number of aryl methyl sites for hydroxylation is 1. The minimum atomic E-state index is -0.604. The number of hydrogen-bond acceptors (Lipinski definition) is 5. The molecular weight excluding hydrogens is 336 g/mol. The third kappa shape index (κ3) is 2.85. The number of H-pyrrole nitrogens is 1. The molecule has 140 valence electrons. The van der Waals surface area contributed by atoms with E-state index < -0.39 is 11.4 Å².